The molecule has 20 heavy (non-hydrogen) atoms. The van der Waals surface area contributed by atoms with E-state index < -0.39 is 0 Å². The molecule has 0 aliphatic carbocycles. The van der Waals surface area contributed by atoms with E-state index in [1.807, 2.05) is 19.1 Å². The zero-order chi connectivity index (χ0) is 15.0. The first-order valence-electron chi connectivity index (χ1n) is 6.90. The fourth-order valence-electron chi connectivity index (χ4n) is 1.65. The molecule has 0 unspecified atom stereocenters. The third-order valence-corrected chi connectivity index (χ3v) is 2.71. The third kappa shape index (κ3) is 5.99. The van der Waals surface area contributed by atoms with Gasteiger partial charge in [0, 0.05) is 18.5 Å². The minimum atomic E-state index is 0.0984. The molecule has 1 N–H and O–H groups in total. The lowest BCUT2D eigenvalue weighted by atomic mass is 10.1. The van der Waals surface area contributed by atoms with Crippen LogP contribution in [-0.4, -0.2) is 19.3 Å². The molecule has 110 valence electrons. The van der Waals surface area contributed by atoms with Gasteiger partial charge in [0.25, 0.3) is 0 Å². The summed E-state index contributed by atoms with van der Waals surface area (Å²) in [5.41, 5.74) is 1.28. The van der Waals surface area contributed by atoms with E-state index in [2.05, 4.69) is 44.0 Å². The molecule has 0 aromatic heterocycles. The molecule has 3 heteroatoms. The van der Waals surface area contributed by atoms with Gasteiger partial charge in [0.15, 0.2) is 11.5 Å². The second kappa shape index (κ2) is 7.81. The fourth-order valence-corrected chi connectivity index (χ4v) is 1.65. The summed E-state index contributed by atoms with van der Waals surface area (Å²) in [6, 6.07) is 6.03. The average Bonchev–Trinajstić information content (AvgIpc) is 2.41. The van der Waals surface area contributed by atoms with Gasteiger partial charge in [-0.15, -0.1) is 11.8 Å². The molecule has 0 bridgehead atoms. The summed E-state index contributed by atoms with van der Waals surface area (Å²) < 4.78 is 11.1. The second-order valence-electron chi connectivity index (χ2n) is 5.61. The maximum Gasteiger partial charge on any atom is 0.161 e. The van der Waals surface area contributed by atoms with Gasteiger partial charge in [-0.05, 0) is 45.4 Å². The molecule has 0 aliphatic rings. The normalized spacial score (nSPS) is 10.7. The molecule has 0 saturated carbocycles. The number of nitrogens with one attached hydrogen (secondary N) is 1. The van der Waals surface area contributed by atoms with Gasteiger partial charge in [0.05, 0.1) is 13.7 Å². The topological polar surface area (TPSA) is 30.5 Å². The van der Waals surface area contributed by atoms with Crippen LogP contribution in [0.1, 0.15) is 39.7 Å². The van der Waals surface area contributed by atoms with Gasteiger partial charge >= 0.3 is 0 Å². The van der Waals surface area contributed by atoms with Gasteiger partial charge in [-0.25, -0.2) is 0 Å². The summed E-state index contributed by atoms with van der Waals surface area (Å²) in [5, 5.41) is 3.45. The summed E-state index contributed by atoms with van der Waals surface area (Å²) >= 11 is 0. The smallest absolute Gasteiger partial charge is 0.161 e. The minimum Gasteiger partial charge on any atom is -0.493 e. The number of ether oxygens (including phenoxy) is 2. The van der Waals surface area contributed by atoms with Crippen LogP contribution in [0.15, 0.2) is 18.2 Å². The van der Waals surface area contributed by atoms with Gasteiger partial charge in [0.1, 0.15) is 0 Å². The van der Waals surface area contributed by atoms with Crippen molar-refractivity contribution in [2.75, 3.05) is 13.7 Å². The molecule has 3 nitrogen and oxygen atoms in total. The molecule has 0 spiro atoms. The van der Waals surface area contributed by atoms with Crippen molar-refractivity contribution in [2.45, 2.75) is 46.2 Å². The molecule has 0 heterocycles. The Hall–Kier alpha value is -1.66. The average molecular weight is 275 g/mol. The Morgan fingerprint density at radius 1 is 1.20 bits per heavy atom. The van der Waals surface area contributed by atoms with Crippen molar-refractivity contribution in [3.8, 4) is 23.3 Å². The van der Waals surface area contributed by atoms with Crippen LogP contribution < -0.4 is 14.8 Å². The van der Waals surface area contributed by atoms with Gasteiger partial charge in [-0.2, -0.15) is 0 Å². The first-order valence-corrected chi connectivity index (χ1v) is 6.90. The van der Waals surface area contributed by atoms with Crippen molar-refractivity contribution in [3.05, 3.63) is 23.8 Å². The van der Waals surface area contributed by atoms with Crippen LogP contribution in [-0.2, 0) is 6.54 Å². The molecule has 0 radical (unpaired) electrons. The Bertz CT molecular complexity index is 478. The second-order valence-corrected chi connectivity index (χ2v) is 5.61. The first kappa shape index (κ1) is 16.4. The van der Waals surface area contributed by atoms with Crippen molar-refractivity contribution in [3.63, 3.8) is 0 Å². The minimum absolute atomic E-state index is 0.0984. The van der Waals surface area contributed by atoms with Gasteiger partial charge in [-0.1, -0.05) is 6.07 Å². The number of hydrogen-bond donors (Lipinski definition) is 1. The lowest BCUT2D eigenvalue weighted by molar-refractivity contribution is 0.301. The number of rotatable bonds is 6. The zero-order valence-electron chi connectivity index (χ0n) is 13.2. The summed E-state index contributed by atoms with van der Waals surface area (Å²) in [7, 11) is 1.66. The maximum absolute atomic E-state index is 5.68. The predicted octanol–water partition coefficient (Wildman–Crippen LogP) is 3.38. The van der Waals surface area contributed by atoms with Crippen LogP contribution >= 0.6 is 0 Å². The van der Waals surface area contributed by atoms with Gasteiger partial charge in [-0.3, -0.25) is 0 Å². The third-order valence-electron chi connectivity index (χ3n) is 2.71. The quantitative estimate of drug-likeness (QED) is 0.638. The van der Waals surface area contributed by atoms with E-state index >= 15 is 0 Å². The predicted molar refractivity (Wildman–Crippen MR) is 83.1 cm³/mol. The molecule has 1 aromatic rings. The molecule has 0 amide bonds. The monoisotopic (exact) mass is 275 g/mol. The van der Waals surface area contributed by atoms with Crippen molar-refractivity contribution < 1.29 is 9.47 Å². The van der Waals surface area contributed by atoms with Crippen molar-refractivity contribution in [1.82, 2.24) is 5.32 Å². The Morgan fingerprint density at radius 2 is 1.95 bits per heavy atom. The van der Waals surface area contributed by atoms with Crippen LogP contribution in [0.4, 0.5) is 0 Å². The largest absolute Gasteiger partial charge is 0.493 e. The van der Waals surface area contributed by atoms with Crippen LogP contribution in [0.5, 0.6) is 11.5 Å². The molecular weight excluding hydrogens is 250 g/mol. The van der Waals surface area contributed by atoms with Crippen molar-refractivity contribution >= 4 is 0 Å². The lowest BCUT2D eigenvalue weighted by Gasteiger charge is -2.21. The Morgan fingerprint density at radius 3 is 2.55 bits per heavy atom. The van der Waals surface area contributed by atoms with Gasteiger partial charge in [0.2, 0.25) is 0 Å². The number of benzene rings is 1. The van der Waals surface area contributed by atoms with Gasteiger partial charge < -0.3 is 14.8 Å². The van der Waals surface area contributed by atoms with Crippen LogP contribution in [0, 0.1) is 11.8 Å². The lowest BCUT2D eigenvalue weighted by Crippen LogP contribution is -2.35. The van der Waals surface area contributed by atoms with Crippen LogP contribution in [0.3, 0.4) is 0 Å². The van der Waals surface area contributed by atoms with E-state index in [4.69, 9.17) is 9.47 Å². The summed E-state index contributed by atoms with van der Waals surface area (Å²) in [6.45, 7) is 9.67. The van der Waals surface area contributed by atoms with E-state index in [1.165, 1.54) is 5.56 Å². The van der Waals surface area contributed by atoms with E-state index in [0.717, 1.165) is 24.5 Å². The van der Waals surface area contributed by atoms with Crippen LogP contribution in [0.2, 0.25) is 0 Å². The molecule has 1 rings (SSSR count). The highest BCUT2D eigenvalue weighted by Gasteiger charge is 2.10. The fraction of sp³-hybridized carbons (Fsp3) is 0.529. The Kier molecular flexibility index (Phi) is 6.41. The first-order chi connectivity index (χ1) is 9.46. The highest BCUT2D eigenvalue weighted by molar-refractivity contribution is 5.43. The standard InChI is InChI=1S/C17H25NO2/c1-6-7-8-11-20-15-10-9-14(12-16(15)19-5)13-18-17(2,3)4/h9-10,12,18H,8,11,13H2,1-5H3. The van der Waals surface area contributed by atoms with E-state index in [1.54, 1.807) is 7.11 Å². The highest BCUT2D eigenvalue weighted by atomic mass is 16.5. The van der Waals surface area contributed by atoms with Crippen LogP contribution in [0.25, 0.3) is 0 Å². The molecule has 0 saturated heterocycles. The highest BCUT2D eigenvalue weighted by Crippen LogP contribution is 2.28. The Balaban J connectivity index is 2.66. The zero-order valence-corrected chi connectivity index (χ0v) is 13.2. The summed E-state index contributed by atoms with van der Waals surface area (Å²) in [6.07, 6.45) is 0.729. The molecular formula is C17H25NO2. The van der Waals surface area contributed by atoms with E-state index in [0.29, 0.717) is 6.61 Å². The Labute approximate surface area is 122 Å². The van der Waals surface area contributed by atoms with E-state index in [9.17, 15) is 0 Å². The summed E-state index contributed by atoms with van der Waals surface area (Å²) in [5.74, 6) is 7.37. The molecule has 0 fully saturated rings. The molecule has 0 atom stereocenters. The molecule has 0 aliphatic heterocycles. The molecule has 1 aromatic carbocycles. The SMILES string of the molecule is CC#CCCOc1ccc(CNC(C)(C)C)cc1OC. The van der Waals surface area contributed by atoms with Crippen molar-refractivity contribution in [2.24, 2.45) is 0 Å². The number of hydrogen-bond acceptors (Lipinski definition) is 3. The summed E-state index contributed by atoms with van der Waals surface area (Å²) in [4.78, 5) is 0. The number of methoxy groups -OCH3 is 1. The maximum atomic E-state index is 5.68. The van der Waals surface area contributed by atoms with Crippen molar-refractivity contribution in [1.29, 1.82) is 0 Å². The van der Waals surface area contributed by atoms with E-state index in [-0.39, 0.29) is 5.54 Å².